The molecule has 1 amide bonds. The molecule has 2 aromatic heterocycles. The summed E-state index contributed by atoms with van der Waals surface area (Å²) in [6.07, 6.45) is 0. The Morgan fingerprint density at radius 2 is 2.11 bits per heavy atom. The Kier molecular flexibility index (Phi) is 4.55. The van der Waals surface area contributed by atoms with Gasteiger partial charge in [-0.05, 0) is 24.3 Å². The van der Waals surface area contributed by atoms with Gasteiger partial charge in [-0.25, -0.2) is 9.78 Å². The zero-order valence-electron chi connectivity index (χ0n) is 14.2. The Morgan fingerprint density at radius 3 is 2.93 bits per heavy atom. The lowest BCUT2D eigenvalue weighted by molar-refractivity contribution is 0.0951. The second kappa shape index (κ2) is 7.02. The Hall–Kier alpha value is -2.90. The number of aromatic nitrogens is 2. The van der Waals surface area contributed by atoms with E-state index in [9.17, 15) is 9.59 Å². The number of nitrogens with zero attached hydrogens (tertiary/aromatic N) is 2. The van der Waals surface area contributed by atoms with Crippen LogP contribution < -0.4 is 11.1 Å². The number of nitrogens with one attached hydrogen (secondary N) is 1. The predicted octanol–water partition coefficient (Wildman–Crippen LogP) is 3.84. The van der Waals surface area contributed by atoms with E-state index in [0.29, 0.717) is 22.7 Å². The number of thiazole rings is 1. The van der Waals surface area contributed by atoms with Crippen molar-refractivity contribution in [1.82, 2.24) is 14.9 Å². The molecule has 0 aliphatic heterocycles. The second-order valence-electron chi connectivity index (χ2n) is 5.90. The van der Waals surface area contributed by atoms with Crippen molar-refractivity contribution in [1.29, 1.82) is 0 Å². The summed E-state index contributed by atoms with van der Waals surface area (Å²) < 4.78 is 6.67. The molecular formula is C19H14ClN3O3S. The minimum atomic E-state index is -0.400. The molecule has 2 heterocycles. The third-order valence-electron chi connectivity index (χ3n) is 4.16. The van der Waals surface area contributed by atoms with Crippen LogP contribution in [-0.2, 0) is 13.6 Å². The number of hydrogen-bond donors (Lipinski definition) is 1. The quantitative estimate of drug-likeness (QED) is 0.565. The smallest absolute Gasteiger partial charge is 0.408 e. The highest BCUT2D eigenvalue weighted by Gasteiger charge is 2.12. The van der Waals surface area contributed by atoms with E-state index < -0.39 is 5.76 Å². The highest BCUT2D eigenvalue weighted by Crippen LogP contribution is 2.25. The summed E-state index contributed by atoms with van der Waals surface area (Å²) in [5.41, 5.74) is 3.28. The number of oxazole rings is 1. The van der Waals surface area contributed by atoms with Crippen LogP contribution in [0.15, 0.2) is 57.1 Å². The van der Waals surface area contributed by atoms with E-state index >= 15 is 0 Å². The molecule has 0 fully saturated rings. The van der Waals surface area contributed by atoms with Gasteiger partial charge in [0, 0.05) is 18.0 Å². The van der Waals surface area contributed by atoms with Crippen LogP contribution in [-0.4, -0.2) is 15.5 Å². The number of halogens is 1. The van der Waals surface area contributed by atoms with E-state index in [4.69, 9.17) is 16.0 Å². The van der Waals surface area contributed by atoms with Crippen molar-refractivity contribution in [3.63, 3.8) is 0 Å². The van der Waals surface area contributed by atoms with Gasteiger partial charge in [-0.1, -0.05) is 29.8 Å². The van der Waals surface area contributed by atoms with Gasteiger partial charge in [-0.15, -0.1) is 11.3 Å². The van der Waals surface area contributed by atoms with Gasteiger partial charge >= 0.3 is 5.76 Å². The maximum atomic E-state index is 12.2. The van der Waals surface area contributed by atoms with Crippen LogP contribution >= 0.6 is 22.9 Å². The first-order chi connectivity index (χ1) is 13.0. The lowest BCUT2D eigenvalue weighted by atomic mass is 10.1. The summed E-state index contributed by atoms with van der Waals surface area (Å²) in [5.74, 6) is -0.645. The average molecular weight is 400 g/mol. The van der Waals surface area contributed by atoms with E-state index in [-0.39, 0.29) is 5.91 Å². The topological polar surface area (TPSA) is 77.1 Å². The second-order valence-corrected chi connectivity index (χ2v) is 7.25. The molecule has 6 nitrogen and oxygen atoms in total. The largest absolute Gasteiger partial charge is 0.419 e. The maximum absolute atomic E-state index is 12.2. The lowest BCUT2D eigenvalue weighted by Crippen LogP contribution is -2.22. The third kappa shape index (κ3) is 3.39. The SMILES string of the molecule is Cn1c(=O)oc2cc(-c3csc(CNC(=O)c4ccccc4Cl)n3)ccc21. The lowest BCUT2D eigenvalue weighted by Gasteiger charge is -2.04. The van der Waals surface area contributed by atoms with Crippen molar-refractivity contribution in [3.8, 4) is 11.3 Å². The first-order valence-corrected chi connectivity index (χ1v) is 9.36. The van der Waals surface area contributed by atoms with Gasteiger partial charge in [0.05, 0.1) is 28.3 Å². The van der Waals surface area contributed by atoms with E-state index in [1.54, 1.807) is 37.4 Å². The predicted molar refractivity (Wildman–Crippen MR) is 105 cm³/mol. The van der Waals surface area contributed by atoms with Gasteiger partial charge in [0.25, 0.3) is 5.91 Å². The van der Waals surface area contributed by atoms with Crippen LogP contribution in [0.1, 0.15) is 15.4 Å². The van der Waals surface area contributed by atoms with Crippen LogP contribution in [0.4, 0.5) is 0 Å². The molecule has 0 atom stereocenters. The highest BCUT2D eigenvalue weighted by molar-refractivity contribution is 7.09. The number of carbonyl (C=O) groups excluding carboxylic acids is 1. The molecular weight excluding hydrogens is 386 g/mol. The van der Waals surface area contributed by atoms with Crippen LogP contribution in [0.2, 0.25) is 5.02 Å². The summed E-state index contributed by atoms with van der Waals surface area (Å²) in [6, 6.07) is 12.4. The van der Waals surface area contributed by atoms with Gasteiger partial charge in [0.15, 0.2) is 5.58 Å². The Bertz CT molecular complexity index is 1210. The Morgan fingerprint density at radius 1 is 1.30 bits per heavy atom. The van der Waals surface area contributed by atoms with Crippen molar-refractivity contribution in [2.75, 3.05) is 0 Å². The minimum Gasteiger partial charge on any atom is -0.408 e. The molecule has 4 rings (SSSR count). The van der Waals surface area contributed by atoms with Crippen LogP contribution in [0.25, 0.3) is 22.4 Å². The molecule has 27 heavy (non-hydrogen) atoms. The molecule has 0 aliphatic rings. The van der Waals surface area contributed by atoms with Gasteiger partial charge in [0.1, 0.15) is 5.01 Å². The van der Waals surface area contributed by atoms with E-state index in [1.807, 2.05) is 17.5 Å². The molecule has 0 aliphatic carbocycles. The number of benzene rings is 2. The summed E-state index contributed by atoms with van der Waals surface area (Å²) in [4.78, 5) is 28.4. The molecule has 1 N–H and O–H groups in total. The van der Waals surface area contributed by atoms with Crippen molar-refractivity contribution >= 4 is 39.9 Å². The highest BCUT2D eigenvalue weighted by atomic mass is 35.5. The summed E-state index contributed by atoms with van der Waals surface area (Å²) in [6.45, 7) is 0.303. The van der Waals surface area contributed by atoms with Crippen molar-refractivity contribution in [2.45, 2.75) is 6.54 Å². The van der Waals surface area contributed by atoms with Crippen LogP contribution in [0, 0.1) is 0 Å². The van der Waals surface area contributed by atoms with Crippen LogP contribution in [0.5, 0.6) is 0 Å². The standard InChI is InChI=1S/C19H14ClN3O3S/c1-23-15-7-6-11(8-16(15)26-19(23)25)14-10-27-17(22-14)9-21-18(24)12-4-2-3-5-13(12)20/h2-8,10H,9H2,1H3,(H,21,24). The molecule has 8 heteroatoms. The fraction of sp³-hybridized carbons (Fsp3) is 0.105. The van der Waals surface area contributed by atoms with Gasteiger partial charge in [0.2, 0.25) is 0 Å². The van der Waals surface area contributed by atoms with E-state index in [0.717, 1.165) is 21.8 Å². The monoisotopic (exact) mass is 399 g/mol. The molecule has 0 radical (unpaired) electrons. The molecule has 4 aromatic rings. The van der Waals surface area contributed by atoms with E-state index in [2.05, 4.69) is 10.3 Å². The van der Waals surface area contributed by atoms with Crippen molar-refractivity contribution < 1.29 is 9.21 Å². The van der Waals surface area contributed by atoms with Crippen molar-refractivity contribution in [2.24, 2.45) is 7.05 Å². The molecule has 0 saturated carbocycles. The van der Waals surface area contributed by atoms with Gasteiger partial charge < -0.3 is 9.73 Å². The molecule has 0 saturated heterocycles. The summed E-state index contributed by atoms with van der Waals surface area (Å²) >= 11 is 7.48. The summed E-state index contributed by atoms with van der Waals surface area (Å²) in [5, 5.41) is 5.90. The van der Waals surface area contributed by atoms with Gasteiger partial charge in [-0.2, -0.15) is 0 Å². The number of hydrogen-bond acceptors (Lipinski definition) is 5. The number of aryl methyl sites for hydroxylation is 1. The molecule has 0 spiro atoms. The first kappa shape index (κ1) is 17.5. The minimum absolute atomic E-state index is 0.246. The molecule has 0 bridgehead atoms. The normalized spacial score (nSPS) is 11.0. The number of fused-ring (bicyclic) bond motifs is 1. The van der Waals surface area contributed by atoms with Gasteiger partial charge in [-0.3, -0.25) is 9.36 Å². The third-order valence-corrected chi connectivity index (χ3v) is 5.34. The first-order valence-electron chi connectivity index (χ1n) is 8.10. The number of amides is 1. The molecule has 0 unspecified atom stereocenters. The van der Waals surface area contributed by atoms with E-state index in [1.165, 1.54) is 15.9 Å². The van der Waals surface area contributed by atoms with Crippen molar-refractivity contribution in [3.05, 3.63) is 74.0 Å². The Labute approximate surface area is 163 Å². The summed E-state index contributed by atoms with van der Waals surface area (Å²) in [7, 11) is 1.66. The molecule has 2 aromatic carbocycles. The zero-order valence-corrected chi connectivity index (χ0v) is 15.8. The molecule has 136 valence electrons. The van der Waals surface area contributed by atoms with Crippen LogP contribution in [0.3, 0.4) is 0 Å². The average Bonchev–Trinajstić information content (AvgIpc) is 3.25. The number of carbonyl (C=O) groups is 1. The Balaban J connectivity index is 1.51. The number of rotatable bonds is 4. The maximum Gasteiger partial charge on any atom is 0.419 e. The fourth-order valence-corrected chi connectivity index (χ4v) is 3.68. The fourth-order valence-electron chi connectivity index (χ4n) is 2.71. The zero-order chi connectivity index (χ0) is 19.0.